The molecule has 0 amide bonds. The highest BCUT2D eigenvalue weighted by atomic mass is 14.6. The monoisotopic (exact) mass is 324 g/mol. The van der Waals surface area contributed by atoms with Crippen LogP contribution in [-0.2, 0) is 12.8 Å². The van der Waals surface area contributed by atoms with E-state index in [0.717, 1.165) is 12.8 Å². The maximum absolute atomic E-state index is 4.45. The summed E-state index contributed by atoms with van der Waals surface area (Å²) in [4.78, 5) is 8.90. The molecule has 2 heteroatoms. The van der Waals surface area contributed by atoms with Crippen molar-refractivity contribution in [1.82, 2.24) is 9.97 Å². The van der Waals surface area contributed by atoms with Crippen LogP contribution in [0.25, 0.3) is 11.1 Å². The summed E-state index contributed by atoms with van der Waals surface area (Å²) in [5.74, 6) is 0. The van der Waals surface area contributed by atoms with Gasteiger partial charge in [-0.2, -0.15) is 0 Å². The Labute approximate surface area is 147 Å². The molecule has 2 nitrogen and oxygen atoms in total. The lowest BCUT2D eigenvalue weighted by Gasteiger charge is -2.07. The molecule has 0 unspecified atom stereocenters. The van der Waals surface area contributed by atoms with E-state index >= 15 is 0 Å². The van der Waals surface area contributed by atoms with Crippen molar-refractivity contribution < 1.29 is 0 Å². The van der Waals surface area contributed by atoms with E-state index in [2.05, 4.69) is 35.9 Å². The Morgan fingerprint density at radius 2 is 1.04 bits per heavy atom. The van der Waals surface area contributed by atoms with E-state index in [4.69, 9.17) is 0 Å². The molecule has 0 spiro atoms. The molecule has 130 valence electrons. The largest absolute Gasteiger partial charge is 0.264 e. The number of unbranched alkanes of at least 4 members (excludes halogenated alkanes) is 6. The number of nitrogens with zero attached hydrogens (tertiary/aromatic N) is 2. The number of aryl methyl sites for hydroxylation is 2. The van der Waals surface area contributed by atoms with Gasteiger partial charge in [-0.15, -0.1) is 0 Å². The van der Waals surface area contributed by atoms with Gasteiger partial charge in [-0.05, 0) is 48.9 Å². The van der Waals surface area contributed by atoms with E-state index in [0.29, 0.717) is 0 Å². The topological polar surface area (TPSA) is 25.8 Å². The number of pyridine rings is 2. The van der Waals surface area contributed by atoms with Crippen molar-refractivity contribution >= 4 is 0 Å². The van der Waals surface area contributed by atoms with Crippen molar-refractivity contribution in [3.63, 3.8) is 0 Å². The maximum atomic E-state index is 4.45. The van der Waals surface area contributed by atoms with Crippen LogP contribution >= 0.6 is 0 Å². The average molecular weight is 325 g/mol. The predicted octanol–water partition coefficient (Wildman–Crippen LogP) is 6.39. The van der Waals surface area contributed by atoms with Gasteiger partial charge in [-0.3, -0.25) is 9.97 Å². The van der Waals surface area contributed by atoms with Crippen molar-refractivity contribution in [3.8, 4) is 11.1 Å². The van der Waals surface area contributed by atoms with Gasteiger partial charge < -0.3 is 0 Å². The number of hydrogen-bond acceptors (Lipinski definition) is 2. The van der Waals surface area contributed by atoms with Gasteiger partial charge in [0.25, 0.3) is 0 Å². The summed E-state index contributed by atoms with van der Waals surface area (Å²) in [6, 6.07) is 4.58. The molecule has 0 bridgehead atoms. The Morgan fingerprint density at radius 1 is 0.583 bits per heavy atom. The van der Waals surface area contributed by atoms with Crippen molar-refractivity contribution in [2.45, 2.75) is 78.1 Å². The van der Waals surface area contributed by atoms with E-state index < -0.39 is 0 Å². The van der Waals surface area contributed by atoms with Gasteiger partial charge in [0.05, 0.1) is 0 Å². The molecule has 0 atom stereocenters. The molecule has 0 N–H and O–H groups in total. The Hall–Kier alpha value is -1.70. The van der Waals surface area contributed by atoms with E-state index in [-0.39, 0.29) is 0 Å². The summed E-state index contributed by atoms with van der Waals surface area (Å²) in [6.45, 7) is 4.51. The normalized spacial score (nSPS) is 10.9. The second-order valence-electron chi connectivity index (χ2n) is 6.79. The molecule has 0 aliphatic carbocycles. The molecule has 0 saturated carbocycles. The van der Waals surface area contributed by atoms with Crippen LogP contribution in [0.5, 0.6) is 0 Å². The van der Waals surface area contributed by atoms with Crippen molar-refractivity contribution in [1.29, 1.82) is 0 Å². The Bertz CT molecular complexity index is 539. The average Bonchev–Trinajstić information content (AvgIpc) is 2.63. The SMILES string of the molecule is CCCCCCc1cncc(-c2cncc(CCCCCC)c2)c1. The third kappa shape index (κ3) is 6.43. The molecule has 0 saturated heterocycles. The van der Waals surface area contributed by atoms with Crippen LogP contribution in [0, 0.1) is 0 Å². The first-order valence-electron chi connectivity index (χ1n) is 9.71. The first kappa shape index (κ1) is 18.6. The first-order valence-corrected chi connectivity index (χ1v) is 9.71. The lowest BCUT2D eigenvalue weighted by molar-refractivity contribution is 0.666. The van der Waals surface area contributed by atoms with Crippen molar-refractivity contribution in [2.24, 2.45) is 0 Å². The molecule has 0 fully saturated rings. The highest BCUT2D eigenvalue weighted by Crippen LogP contribution is 2.21. The molecule has 0 aromatic carbocycles. The minimum atomic E-state index is 1.13. The quantitative estimate of drug-likeness (QED) is 0.448. The van der Waals surface area contributed by atoms with Crippen LogP contribution in [0.1, 0.15) is 76.3 Å². The number of aromatic nitrogens is 2. The van der Waals surface area contributed by atoms with Gasteiger partial charge in [0, 0.05) is 35.9 Å². The highest BCUT2D eigenvalue weighted by Gasteiger charge is 2.03. The Morgan fingerprint density at radius 3 is 1.46 bits per heavy atom. The molecule has 2 aromatic heterocycles. The van der Waals surface area contributed by atoms with Gasteiger partial charge in [-0.25, -0.2) is 0 Å². The van der Waals surface area contributed by atoms with Crippen molar-refractivity contribution in [3.05, 3.63) is 48.0 Å². The predicted molar refractivity (Wildman–Crippen MR) is 103 cm³/mol. The fourth-order valence-electron chi connectivity index (χ4n) is 3.08. The van der Waals surface area contributed by atoms with Crippen LogP contribution in [-0.4, -0.2) is 9.97 Å². The molecule has 0 radical (unpaired) electrons. The number of hydrogen-bond donors (Lipinski definition) is 0. The zero-order chi connectivity index (χ0) is 17.0. The van der Waals surface area contributed by atoms with Gasteiger partial charge in [0.15, 0.2) is 0 Å². The van der Waals surface area contributed by atoms with Crippen LogP contribution in [0.4, 0.5) is 0 Å². The summed E-state index contributed by atoms with van der Waals surface area (Å²) in [5.41, 5.74) is 5.09. The summed E-state index contributed by atoms with van der Waals surface area (Å²) in [5, 5.41) is 0. The Balaban J connectivity index is 1.97. The second-order valence-corrected chi connectivity index (χ2v) is 6.79. The van der Waals surface area contributed by atoms with Crippen molar-refractivity contribution in [2.75, 3.05) is 0 Å². The summed E-state index contributed by atoms with van der Waals surface area (Å²) >= 11 is 0. The Kier molecular flexibility index (Phi) is 8.51. The molecule has 2 heterocycles. The summed E-state index contributed by atoms with van der Waals surface area (Å²) in [7, 11) is 0. The van der Waals surface area contributed by atoms with Gasteiger partial charge in [0.1, 0.15) is 0 Å². The van der Waals surface area contributed by atoms with Crippen LogP contribution in [0.15, 0.2) is 36.9 Å². The molecule has 24 heavy (non-hydrogen) atoms. The van der Waals surface area contributed by atoms with Crippen LogP contribution < -0.4 is 0 Å². The fraction of sp³-hybridized carbons (Fsp3) is 0.545. The first-order chi connectivity index (χ1) is 11.8. The van der Waals surface area contributed by atoms with Crippen LogP contribution in [0.3, 0.4) is 0 Å². The summed E-state index contributed by atoms with van der Waals surface area (Å²) in [6.07, 6.45) is 20.6. The lowest BCUT2D eigenvalue weighted by atomic mass is 10.0. The van der Waals surface area contributed by atoms with Crippen LogP contribution in [0.2, 0.25) is 0 Å². The number of rotatable bonds is 11. The molecule has 2 rings (SSSR count). The molecule has 0 aliphatic rings. The zero-order valence-electron chi connectivity index (χ0n) is 15.4. The molecule has 0 aliphatic heterocycles. The third-order valence-corrected chi connectivity index (χ3v) is 4.56. The lowest BCUT2D eigenvalue weighted by Crippen LogP contribution is -1.92. The zero-order valence-corrected chi connectivity index (χ0v) is 15.4. The van der Waals surface area contributed by atoms with Gasteiger partial charge in [-0.1, -0.05) is 52.4 Å². The molecular formula is C22H32N2. The minimum Gasteiger partial charge on any atom is -0.264 e. The van der Waals surface area contributed by atoms with E-state index in [9.17, 15) is 0 Å². The smallest absolute Gasteiger partial charge is 0.0347 e. The summed E-state index contributed by atoms with van der Waals surface area (Å²) < 4.78 is 0. The standard InChI is InChI=1S/C22H32N2/c1-3-5-7-9-11-19-13-21(17-23-15-19)22-14-20(16-24-18-22)12-10-8-6-4-2/h13-18H,3-12H2,1-2H3. The van der Waals surface area contributed by atoms with Gasteiger partial charge in [0.2, 0.25) is 0 Å². The highest BCUT2D eigenvalue weighted by molar-refractivity contribution is 5.62. The van der Waals surface area contributed by atoms with E-state index in [1.165, 1.54) is 73.6 Å². The third-order valence-electron chi connectivity index (χ3n) is 4.56. The van der Waals surface area contributed by atoms with E-state index in [1.807, 2.05) is 24.8 Å². The van der Waals surface area contributed by atoms with Gasteiger partial charge >= 0.3 is 0 Å². The molecular weight excluding hydrogens is 292 g/mol. The fourth-order valence-corrected chi connectivity index (χ4v) is 3.08. The van der Waals surface area contributed by atoms with E-state index in [1.54, 1.807) is 0 Å². The molecule has 2 aromatic rings. The minimum absolute atomic E-state index is 1.13. The second kappa shape index (κ2) is 11.0. The maximum Gasteiger partial charge on any atom is 0.0347 e.